The van der Waals surface area contributed by atoms with Gasteiger partial charge in [-0.3, -0.25) is 14.9 Å². The summed E-state index contributed by atoms with van der Waals surface area (Å²) in [6.45, 7) is 1.94. The molecule has 2 aliphatic rings. The fraction of sp³-hybridized carbons (Fsp3) is 0.389. The van der Waals surface area contributed by atoms with Gasteiger partial charge in [0.15, 0.2) is 0 Å². The number of anilines is 1. The number of aliphatic imine (C=N–C) groups is 1. The summed E-state index contributed by atoms with van der Waals surface area (Å²) >= 11 is 0. The van der Waals surface area contributed by atoms with Crippen LogP contribution in [0.25, 0.3) is 0 Å². The number of rotatable bonds is 3. The quantitative estimate of drug-likeness (QED) is 0.911. The number of carbonyl (C=O) groups is 1. The number of aromatic nitrogens is 2. The van der Waals surface area contributed by atoms with Crippen molar-refractivity contribution in [3.05, 3.63) is 41.7 Å². The number of H-pyrrole nitrogens is 1. The minimum atomic E-state index is 0.0756. The first-order valence-corrected chi connectivity index (χ1v) is 8.39. The Hall–Kier alpha value is -2.47. The maximum atomic E-state index is 12.5. The maximum absolute atomic E-state index is 12.5. The number of hydrogen-bond donors (Lipinski definition) is 2. The third kappa shape index (κ3) is 2.85. The van der Waals surface area contributed by atoms with Crippen molar-refractivity contribution in [2.75, 3.05) is 25.5 Å². The van der Waals surface area contributed by atoms with Gasteiger partial charge in [-0.2, -0.15) is 5.10 Å². The zero-order valence-corrected chi connectivity index (χ0v) is 13.7. The average Bonchev–Trinajstić information content (AvgIpc) is 3.21. The third-order valence-corrected chi connectivity index (χ3v) is 4.88. The lowest BCUT2D eigenvalue weighted by Gasteiger charge is -2.27. The highest BCUT2D eigenvalue weighted by Crippen LogP contribution is 2.30. The van der Waals surface area contributed by atoms with E-state index in [4.69, 9.17) is 0 Å². The molecule has 1 saturated heterocycles. The van der Waals surface area contributed by atoms with Crippen molar-refractivity contribution in [1.82, 2.24) is 15.1 Å². The first-order chi connectivity index (χ1) is 11.7. The lowest BCUT2D eigenvalue weighted by atomic mass is 9.96. The van der Waals surface area contributed by atoms with Crippen LogP contribution in [0.4, 0.5) is 11.4 Å². The largest absolute Gasteiger partial charge is 0.323 e. The highest BCUT2D eigenvalue weighted by Gasteiger charge is 2.26. The summed E-state index contributed by atoms with van der Waals surface area (Å²) in [7, 11) is 2.10. The highest BCUT2D eigenvalue weighted by atomic mass is 16.1. The number of carbonyl (C=O) groups excluding carboxylic acids is 1. The van der Waals surface area contributed by atoms with E-state index in [1.165, 1.54) is 5.56 Å². The fourth-order valence-electron chi connectivity index (χ4n) is 3.39. The van der Waals surface area contributed by atoms with Gasteiger partial charge < -0.3 is 10.2 Å². The minimum Gasteiger partial charge on any atom is -0.323 e. The summed E-state index contributed by atoms with van der Waals surface area (Å²) < 4.78 is 0. The van der Waals surface area contributed by atoms with Crippen LogP contribution in [0.3, 0.4) is 0 Å². The molecule has 0 radical (unpaired) electrons. The van der Waals surface area contributed by atoms with Crippen LogP contribution in [-0.2, 0) is 11.2 Å². The van der Waals surface area contributed by atoms with Crippen LogP contribution >= 0.6 is 0 Å². The molecular formula is C18H21N5O. The Morgan fingerprint density at radius 2 is 2.08 bits per heavy atom. The van der Waals surface area contributed by atoms with Gasteiger partial charge in [0.25, 0.3) is 0 Å². The lowest BCUT2D eigenvalue weighted by Crippen LogP contribution is -2.36. The van der Waals surface area contributed by atoms with Gasteiger partial charge in [0, 0.05) is 12.3 Å². The van der Waals surface area contributed by atoms with Crippen molar-refractivity contribution in [1.29, 1.82) is 0 Å². The SMILES string of the molecule is CN1CCC(C(=O)Nc2cn[nH]c2C2=Nc3ccccc3C2)CC1. The minimum absolute atomic E-state index is 0.0756. The average molecular weight is 323 g/mol. The fourth-order valence-corrected chi connectivity index (χ4v) is 3.39. The zero-order chi connectivity index (χ0) is 16.5. The summed E-state index contributed by atoms with van der Waals surface area (Å²) in [6, 6.07) is 8.10. The van der Waals surface area contributed by atoms with E-state index < -0.39 is 0 Å². The first-order valence-electron chi connectivity index (χ1n) is 8.39. The van der Waals surface area contributed by atoms with Gasteiger partial charge in [-0.25, -0.2) is 0 Å². The number of benzene rings is 1. The number of piperidine rings is 1. The van der Waals surface area contributed by atoms with E-state index in [9.17, 15) is 4.79 Å². The molecule has 0 spiro atoms. The summed E-state index contributed by atoms with van der Waals surface area (Å²) in [5.41, 5.74) is 4.66. The van der Waals surface area contributed by atoms with Crippen LogP contribution in [0.2, 0.25) is 0 Å². The zero-order valence-electron chi connectivity index (χ0n) is 13.7. The normalized spacial score (nSPS) is 18.3. The standard InChI is InChI=1S/C18H21N5O/c1-23-8-6-12(7-9-23)18(24)21-16-11-19-22-17(16)15-10-13-4-2-3-5-14(13)20-15/h2-5,11-12H,6-10H2,1H3,(H,19,22)(H,21,24). The van der Waals surface area contributed by atoms with E-state index in [0.29, 0.717) is 0 Å². The van der Waals surface area contributed by atoms with Gasteiger partial charge in [0.05, 0.1) is 23.3 Å². The van der Waals surface area contributed by atoms with Crippen molar-refractivity contribution >= 4 is 23.0 Å². The molecule has 2 N–H and O–H groups in total. The number of hydrogen-bond acceptors (Lipinski definition) is 4. The topological polar surface area (TPSA) is 73.4 Å². The van der Waals surface area contributed by atoms with Gasteiger partial charge in [0.2, 0.25) is 5.91 Å². The Labute approximate surface area is 141 Å². The van der Waals surface area contributed by atoms with Crippen LogP contribution in [0.15, 0.2) is 35.5 Å². The van der Waals surface area contributed by atoms with Gasteiger partial charge in [-0.15, -0.1) is 0 Å². The van der Waals surface area contributed by atoms with Crippen molar-refractivity contribution in [3.8, 4) is 0 Å². The molecule has 0 bridgehead atoms. The molecule has 1 fully saturated rings. The van der Waals surface area contributed by atoms with Crippen LogP contribution in [-0.4, -0.2) is 46.9 Å². The van der Waals surface area contributed by atoms with Crippen LogP contribution < -0.4 is 5.32 Å². The van der Waals surface area contributed by atoms with Crippen molar-refractivity contribution in [2.45, 2.75) is 19.3 Å². The van der Waals surface area contributed by atoms with Gasteiger partial charge in [0.1, 0.15) is 5.69 Å². The summed E-state index contributed by atoms with van der Waals surface area (Å²) in [4.78, 5) is 19.5. The molecule has 0 unspecified atom stereocenters. The van der Waals surface area contributed by atoms with E-state index in [0.717, 1.165) is 55.1 Å². The molecule has 1 amide bonds. The molecule has 3 heterocycles. The van der Waals surface area contributed by atoms with E-state index in [1.54, 1.807) is 6.20 Å². The molecule has 6 heteroatoms. The second-order valence-electron chi connectivity index (χ2n) is 6.59. The maximum Gasteiger partial charge on any atom is 0.227 e. The molecular weight excluding hydrogens is 302 g/mol. The number of nitrogens with zero attached hydrogens (tertiary/aromatic N) is 3. The Bertz CT molecular complexity index is 786. The first kappa shape index (κ1) is 15.1. The van der Waals surface area contributed by atoms with Gasteiger partial charge >= 0.3 is 0 Å². The smallest absolute Gasteiger partial charge is 0.227 e. The van der Waals surface area contributed by atoms with Gasteiger partial charge in [-0.05, 0) is 44.6 Å². The second kappa shape index (κ2) is 6.20. The Morgan fingerprint density at radius 3 is 2.88 bits per heavy atom. The number of likely N-dealkylation sites (tertiary alicyclic amines) is 1. The number of aromatic amines is 1. The molecule has 124 valence electrons. The van der Waals surface area contributed by atoms with Crippen LogP contribution in [0.1, 0.15) is 24.1 Å². The molecule has 24 heavy (non-hydrogen) atoms. The van der Waals surface area contributed by atoms with Crippen LogP contribution in [0, 0.1) is 5.92 Å². The summed E-state index contributed by atoms with van der Waals surface area (Å²) in [5, 5.41) is 10.2. The molecule has 0 atom stereocenters. The van der Waals surface area contributed by atoms with E-state index in [1.807, 2.05) is 18.2 Å². The van der Waals surface area contributed by atoms with E-state index >= 15 is 0 Å². The molecule has 0 aliphatic carbocycles. The number of fused-ring (bicyclic) bond motifs is 1. The predicted molar refractivity (Wildman–Crippen MR) is 93.8 cm³/mol. The molecule has 4 rings (SSSR count). The summed E-state index contributed by atoms with van der Waals surface area (Å²) in [5.74, 6) is 0.161. The second-order valence-corrected chi connectivity index (χ2v) is 6.59. The molecule has 2 aliphatic heterocycles. The molecule has 0 saturated carbocycles. The molecule has 1 aromatic heterocycles. The van der Waals surface area contributed by atoms with E-state index in [2.05, 4.69) is 38.5 Å². The Morgan fingerprint density at radius 1 is 1.29 bits per heavy atom. The van der Waals surface area contributed by atoms with Gasteiger partial charge in [-0.1, -0.05) is 18.2 Å². The third-order valence-electron chi connectivity index (χ3n) is 4.88. The highest BCUT2D eigenvalue weighted by molar-refractivity contribution is 6.10. The van der Waals surface area contributed by atoms with Crippen molar-refractivity contribution in [2.24, 2.45) is 10.9 Å². The molecule has 1 aromatic carbocycles. The number of para-hydroxylation sites is 1. The number of nitrogens with one attached hydrogen (secondary N) is 2. The summed E-state index contributed by atoms with van der Waals surface area (Å²) in [6.07, 6.45) is 4.24. The Kier molecular flexibility index (Phi) is 3.90. The Balaban J connectivity index is 1.49. The van der Waals surface area contributed by atoms with Crippen molar-refractivity contribution < 1.29 is 4.79 Å². The van der Waals surface area contributed by atoms with E-state index in [-0.39, 0.29) is 11.8 Å². The lowest BCUT2D eigenvalue weighted by molar-refractivity contribution is -0.121. The van der Waals surface area contributed by atoms with Crippen molar-refractivity contribution in [3.63, 3.8) is 0 Å². The number of amides is 1. The molecule has 2 aromatic rings. The van der Waals surface area contributed by atoms with Crippen LogP contribution in [0.5, 0.6) is 0 Å². The molecule has 6 nitrogen and oxygen atoms in total. The predicted octanol–water partition coefficient (Wildman–Crippen LogP) is 2.37. The monoisotopic (exact) mass is 323 g/mol.